The van der Waals surface area contributed by atoms with Gasteiger partial charge in [0.05, 0.1) is 24.6 Å². The Morgan fingerprint density at radius 1 is 0.935 bits per heavy atom. The molecule has 2 aromatic carbocycles. The monoisotopic (exact) mass is 436 g/mol. The van der Waals surface area contributed by atoms with Crippen molar-refractivity contribution < 1.29 is 5.11 Å². The van der Waals surface area contributed by atoms with Crippen molar-refractivity contribution in [1.29, 1.82) is 0 Å². The lowest BCUT2D eigenvalue weighted by atomic mass is 10.0. The second-order valence-corrected chi connectivity index (χ2v) is 8.34. The molecule has 2 aliphatic heterocycles. The Morgan fingerprint density at radius 3 is 2.48 bits per heavy atom. The van der Waals surface area contributed by atoms with Crippen molar-refractivity contribution in [3.63, 3.8) is 0 Å². The number of aromatic nitrogens is 3. The fourth-order valence-corrected chi connectivity index (χ4v) is 4.49. The maximum Gasteiger partial charge on any atom is 0.159 e. The summed E-state index contributed by atoms with van der Waals surface area (Å²) in [5.74, 6) is 1.75. The van der Waals surface area contributed by atoms with Crippen molar-refractivity contribution in [2.24, 2.45) is 4.99 Å². The summed E-state index contributed by atoms with van der Waals surface area (Å²) in [5, 5.41) is 18.9. The molecule has 1 saturated heterocycles. The molecule has 0 spiro atoms. The smallest absolute Gasteiger partial charge is 0.159 e. The third-order valence-corrected chi connectivity index (χ3v) is 6.16. The summed E-state index contributed by atoms with van der Waals surface area (Å²) in [7, 11) is 0. The number of hydrogen-bond donors (Lipinski definition) is 1. The molecule has 0 unspecified atom stereocenters. The van der Waals surface area contributed by atoms with Crippen LogP contribution in [0.3, 0.4) is 0 Å². The average molecular weight is 437 g/mol. The van der Waals surface area contributed by atoms with Gasteiger partial charge in [0.1, 0.15) is 6.54 Å². The van der Waals surface area contributed by atoms with Crippen molar-refractivity contribution in [2.45, 2.75) is 13.1 Å². The highest BCUT2D eigenvalue weighted by atomic mass is 35.5. The first-order valence-electron chi connectivity index (χ1n) is 10.6. The van der Waals surface area contributed by atoms with Crippen LogP contribution < -0.4 is 0 Å². The average Bonchev–Trinajstić information content (AvgIpc) is 3.11. The summed E-state index contributed by atoms with van der Waals surface area (Å²) >= 11 is 6.39. The summed E-state index contributed by atoms with van der Waals surface area (Å²) in [6.45, 7) is 5.94. The third kappa shape index (κ3) is 4.14. The number of piperazine rings is 1. The van der Waals surface area contributed by atoms with Crippen molar-refractivity contribution >= 4 is 17.3 Å². The van der Waals surface area contributed by atoms with Gasteiger partial charge in [0, 0.05) is 48.9 Å². The largest absolute Gasteiger partial charge is 0.395 e. The van der Waals surface area contributed by atoms with E-state index < -0.39 is 0 Å². The van der Waals surface area contributed by atoms with Crippen LogP contribution in [0.15, 0.2) is 53.5 Å². The maximum atomic E-state index is 9.17. The molecule has 0 amide bonds. The zero-order chi connectivity index (χ0) is 21.2. The Labute approximate surface area is 186 Å². The van der Waals surface area contributed by atoms with E-state index in [1.807, 2.05) is 36.4 Å². The highest BCUT2D eigenvalue weighted by Crippen LogP contribution is 2.28. The van der Waals surface area contributed by atoms with Gasteiger partial charge in [-0.15, -0.1) is 10.2 Å². The number of aliphatic hydroxyl groups excluding tert-OH is 1. The van der Waals surface area contributed by atoms with Gasteiger partial charge < -0.3 is 5.11 Å². The van der Waals surface area contributed by atoms with Crippen LogP contribution in [0.4, 0.5) is 0 Å². The zero-order valence-corrected chi connectivity index (χ0v) is 18.0. The van der Waals surface area contributed by atoms with Gasteiger partial charge in [0.25, 0.3) is 0 Å². The first kappa shape index (κ1) is 20.3. The Bertz CT molecular complexity index is 1090. The number of nitrogens with zero attached hydrogens (tertiary/aromatic N) is 6. The lowest BCUT2D eigenvalue weighted by Gasteiger charge is -2.34. The molecule has 1 aromatic heterocycles. The number of β-amino-alcohol motifs (C(OH)–C–C–N with tert-alkyl or cyclic N) is 1. The number of aliphatic hydroxyl groups is 1. The first-order chi connectivity index (χ1) is 15.2. The summed E-state index contributed by atoms with van der Waals surface area (Å²) < 4.78 is 2.14. The van der Waals surface area contributed by atoms with E-state index in [2.05, 4.69) is 36.7 Å². The van der Waals surface area contributed by atoms with E-state index in [4.69, 9.17) is 21.7 Å². The lowest BCUT2D eigenvalue weighted by molar-refractivity contribution is 0.106. The van der Waals surface area contributed by atoms with Gasteiger partial charge >= 0.3 is 0 Å². The second kappa shape index (κ2) is 8.88. The van der Waals surface area contributed by atoms with Crippen LogP contribution in [0.2, 0.25) is 5.02 Å². The zero-order valence-electron chi connectivity index (χ0n) is 17.3. The van der Waals surface area contributed by atoms with Crippen molar-refractivity contribution in [1.82, 2.24) is 24.6 Å². The van der Waals surface area contributed by atoms with Gasteiger partial charge in [0.15, 0.2) is 11.6 Å². The van der Waals surface area contributed by atoms with Gasteiger partial charge in [-0.3, -0.25) is 19.4 Å². The van der Waals surface area contributed by atoms with Gasteiger partial charge in [-0.25, -0.2) is 0 Å². The standard InChI is InChI=1S/C23H25ClN6O/c24-18-6-7-20-19(14-18)23(17-4-2-1-3-5-17)25-15-21-26-27-22(30(20)21)16-29-10-8-28(9-11-29)12-13-31/h1-7,14,31H,8-13,15-16H2. The van der Waals surface area contributed by atoms with E-state index in [1.165, 1.54) is 0 Å². The molecule has 3 heterocycles. The topological polar surface area (TPSA) is 69.8 Å². The highest BCUT2D eigenvalue weighted by molar-refractivity contribution is 6.31. The van der Waals surface area contributed by atoms with Crippen molar-refractivity contribution in [3.05, 3.63) is 76.3 Å². The molecule has 8 heteroatoms. The van der Waals surface area contributed by atoms with Crippen LogP contribution in [0.25, 0.3) is 5.69 Å². The van der Waals surface area contributed by atoms with Gasteiger partial charge in [0.2, 0.25) is 0 Å². The van der Waals surface area contributed by atoms with E-state index >= 15 is 0 Å². The molecule has 0 saturated carbocycles. The number of hydrogen-bond acceptors (Lipinski definition) is 6. The second-order valence-electron chi connectivity index (χ2n) is 7.90. The number of fused-ring (bicyclic) bond motifs is 3. The van der Waals surface area contributed by atoms with Gasteiger partial charge in [-0.2, -0.15) is 0 Å². The van der Waals surface area contributed by atoms with Crippen LogP contribution in [-0.2, 0) is 13.1 Å². The summed E-state index contributed by atoms with van der Waals surface area (Å²) in [6, 6.07) is 16.1. The van der Waals surface area contributed by atoms with Crippen LogP contribution in [0.1, 0.15) is 22.8 Å². The molecule has 3 aromatic rings. The van der Waals surface area contributed by atoms with Crippen LogP contribution in [0, 0.1) is 0 Å². The Hall–Kier alpha value is -2.58. The van der Waals surface area contributed by atoms with Gasteiger partial charge in [-0.1, -0.05) is 41.9 Å². The molecule has 1 fully saturated rings. The minimum absolute atomic E-state index is 0.209. The molecule has 2 aliphatic rings. The van der Waals surface area contributed by atoms with Crippen molar-refractivity contribution in [3.8, 4) is 5.69 Å². The molecular formula is C23H25ClN6O. The van der Waals surface area contributed by atoms with E-state index in [0.717, 1.165) is 73.4 Å². The highest BCUT2D eigenvalue weighted by Gasteiger charge is 2.25. The molecule has 7 nitrogen and oxygen atoms in total. The van der Waals surface area contributed by atoms with Crippen LogP contribution in [0.5, 0.6) is 0 Å². The fourth-order valence-electron chi connectivity index (χ4n) is 4.32. The van der Waals surface area contributed by atoms with Gasteiger partial charge in [-0.05, 0) is 18.2 Å². The lowest BCUT2D eigenvalue weighted by Crippen LogP contribution is -2.46. The Balaban J connectivity index is 1.48. The summed E-state index contributed by atoms with van der Waals surface area (Å²) in [6.07, 6.45) is 0. The summed E-state index contributed by atoms with van der Waals surface area (Å²) in [4.78, 5) is 9.58. The molecular weight excluding hydrogens is 412 g/mol. The van der Waals surface area contributed by atoms with Crippen LogP contribution in [-0.4, -0.2) is 74.7 Å². The Morgan fingerprint density at radius 2 is 1.71 bits per heavy atom. The molecule has 5 rings (SSSR count). The van der Waals surface area contributed by atoms with Crippen molar-refractivity contribution in [2.75, 3.05) is 39.3 Å². The number of rotatable bonds is 5. The van der Waals surface area contributed by atoms with E-state index in [0.29, 0.717) is 11.6 Å². The molecule has 160 valence electrons. The van der Waals surface area contributed by atoms with E-state index in [9.17, 15) is 0 Å². The normalized spacial score (nSPS) is 17.0. The molecule has 0 atom stereocenters. The predicted molar refractivity (Wildman–Crippen MR) is 121 cm³/mol. The quantitative estimate of drug-likeness (QED) is 0.665. The SMILES string of the molecule is OCCN1CCN(Cc2nnc3n2-c2ccc(Cl)cc2C(c2ccccc2)=NC3)CC1. The number of aliphatic imine (C=N–C) groups is 1. The molecule has 0 bridgehead atoms. The Kier molecular flexibility index (Phi) is 5.82. The number of benzene rings is 2. The molecule has 0 radical (unpaired) electrons. The van der Waals surface area contributed by atoms with E-state index in [1.54, 1.807) is 0 Å². The minimum Gasteiger partial charge on any atom is -0.395 e. The van der Waals surface area contributed by atoms with Crippen LogP contribution >= 0.6 is 11.6 Å². The fraction of sp³-hybridized carbons (Fsp3) is 0.348. The first-order valence-corrected chi connectivity index (χ1v) is 11.0. The molecule has 0 aliphatic carbocycles. The third-order valence-electron chi connectivity index (χ3n) is 5.92. The molecule has 1 N–H and O–H groups in total. The molecule has 31 heavy (non-hydrogen) atoms. The number of halogens is 1. The van der Waals surface area contributed by atoms with E-state index in [-0.39, 0.29) is 6.61 Å². The summed E-state index contributed by atoms with van der Waals surface area (Å²) in [5.41, 5.74) is 3.99. The maximum absolute atomic E-state index is 9.17. The minimum atomic E-state index is 0.209. The predicted octanol–water partition coefficient (Wildman–Crippen LogP) is 2.38.